The number of carbonyl (C=O) groups is 1. The normalized spacial score (nSPS) is 10.0. The van der Waals surface area contributed by atoms with Crippen LogP contribution >= 0.6 is 11.6 Å². The van der Waals surface area contributed by atoms with Gasteiger partial charge in [0.15, 0.2) is 0 Å². The van der Waals surface area contributed by atoms with Gasteiger partial charge in [-0.2, -0.15) is 0 Å². The maximum Gasteiger partial charge on any atom is 0.293 e. The molecule has 0 fully saturated rings. The van der Waals surface area contributed by atoms with Crippen LogP contribution in [0.1, 0.15) is 10.5 Å². The van der Waals surface area contributed by atoms with Gasteiger partial charge in [0.2, 0.25) is 0 Å². The molecular weight excluding hydrogens is 240 g/mol. The highest BCUT2D eigenvalue weighted by atomic mass is 35.5. The summed E-state index contributed by atoms with van der Waals surface area (Å²) in [7, 11) is 0. The van der Waals surface area contributed by atoms with Crippen LogP contribution in [0.2, 0.25) is 5.02 Å². The zero-order valence-electron chi connectivity index (χ0n) is 8.72. The van der Waals surface area contributed by atoms with E-state index in [0.717, 1.165) is 11.1 Å². The van der Waals surface area contributed by atoms with Gasteiger partial charge in [0.05, 0.1) is 0 Å². The minimum absolute atomic E-state index is 0.153. The lowest BCUT2D eigenvalue weighted by Crippen LogP contribution is -2.19. The predicted octanol–water partition coefficient (Wildman–Crippen LogP) is 2.52. The fourth-order valence-corrected chi connectivity index (χ4v) is 1.56. The molecule has 5 heteroatoms. The average molecular weight is 249 g/mol. The molecule has 0 aliphatic heterocycles. The van der Waals surface area contributed by atoms with Crippen LogP contribution in [-0.2, 0) is 0 Å². The van der Waals surface area contributed by atoms with Crippen molar-refractivity contribution in [2.75, 3.05) is 0 Å². The van der Waals surface area contributed by atoms with E-state index in [1.807, 2.05) is 12.1 Å². The van der Waals surface area contributed by atoms with E-state index in [-0.39, 0.29) is 5.69 Å². The molecule has 0 saturated carbocycles. The molecule has 2 aromatic rings. The zero-order chi connectivity index (χ0) is 12.3. The highest BCUT2D eigenvalue weighted by Gasteiger charge is 2.07. The average Bonchev–Trinajstić information content (AvgIpc) is 2.39. The first-order valence-electron chi connectivity index (χ1n) is 4.87. The van der Waals surface area contributed by atoms with Crippen LogP contribution in [0.25, 0.3) is 11.1 Å². The topological polar surface area (TPSA) is 62.2 Å². The van der Waals surface area contributed by atoms with Crippen molar-refractivity contribution in [3.05, 3.63) is 53.3 Å². The molecule has 2 N–H and O–H groups in total. The van der Waals surface area contributed by atoms with Crippen LogP contribution in [0.5, 0.6) is 0 Å². The lowest BCUT2D eigenvalue weighted by molar-refractivity contribution is 0.0701. The van der Waals surface area contributed by atoms with E-state index >= 15 is 0 Å². The summed E-state index contributed by atoms with van der Waals surface area (Å²) in [6, 6.07) is 10.6. The molecule has 0 radical (unpaired) electrons. The van der Waals surface area contributed by atoms with Crippen molar-refractivity contribution in [2.45, 2.75) is 0 Å². The molecule has 86 valence electrons. The summed E-state index contributed by atoms with van der Waals surface area (Å²) >= 11 is 5.79. The van der Waals surface area contributed by atoms with Crippen LogP contribution < -0.4 is 5.48 Å². The molecule has 1 heterocycles. The Morgan fingerprint density at radius 2 is 1.88 bits per heavy atom. The molecule has 0 spiro atoms. The SMILES string of the molecule is O=C(NO)c1cc(-c2ccc(Cl)cc2)ccn1. The number of benzene rings is 1. The van der Waals surface area contributed by atoms with Gasteiger partial charge in [0.25, 0.3) is 5.91 Å². The summed E-state index contributed by atoms with van der Waals surface area (Å²) in [4.78, 5) is 15.1. The van der Waals surface area contributed by atoms with Gasteiger partial charge in [-0.1, -0.05) is 23.7 Å². The van der Waals surface area contributed by atoms with E-state index in [9.17, 15) is 4.79 Å². The number of hydroxylamine groups is 1. The summed E-state index contributed by atoms with van der Waals surface area (Å²) in [6.45, 7) is 0. The van der Waals surface area contributed by atoms with Crippen molar-refractivity contribution in [1.29, 1.82) is 0 Å². The molecule has 0 aliphatic rings. The number of rotatable bonds is 2. The standard InChI is InChI=1S/C12H9ClN2O2/c13-10-3-1-8(2-4-10)9-5-6-14-11(7-9)12(16)15-17/h1-7,17H,(H,15,16). The van der Waals surface area contributed by atoms with Crippen LogP contribution in [0.15, 0.2) is 42.6 Å². The summed E-state index contributed by atoms with van der Waals surface area (Å²) in [5.74, 6) is -0.638. The Labute approximate surface area is 103 Å². The number of halogens is 1. The Morgan fingerprint density at radius 3 is 2.53 bits per heavy atom. The molecule has 1 amide bonds. The van der Waals surface area contributed by atoms with Crippen LogP contribution in [-0.4, -0.2) is 16.1 Å². The van der Waals surface area contributed by atoms with Crippen molar-refractivity contribution in [1.82, 2.24) is 10.5 Å². The van der Waals surface area contributed by atoms with E-state index in [1.165, 1.54) is 6.20 Å². The Hall–Kier alpha value is -1.91. The minimum atomic E-state index is -0.638. The number of hydrogen-bond donors (Lipinski definition) is 2. The molecule has 0 saturated heterocycles. The van der Waals surface area contributed by atoms with Gasteiger partial charge in [-0.15, -0.1) is 0 Å². The summed E-state index contributed by atoms with van der Waals surface area (Å²) < 4.78 is 0. The van der Waals surface area contributed by atoms with Crippen molar-refractivity contribution in [3.63, 3.8) is 0 Å². The van der Waals surface area contributed by atoms with Gasteiger partial charge in [0, 0.05) is 11.2 Å². The number of carbonyl (C=O) groups excluding carboxylic acids is 1. The number of nitrogens with zero attached hydrogens (tertiary/aromatic N) is 1. The fraction of sp³-hybridized carbons (Fsp3) is 0. The van der Waals surface area contributed by atoms with E-state index in [2.05, 4.69) is 4.98 Å². The Balaban J connectivity index is 2.39. The van der Waals surface area contributed by atoms with E-state index < -0.39 is 5.91 Å². The third kappa shape index (κ3) is 2.61. The first-order chi connectivity index (χ1) is 8.20. The zero-order valence-corrected chi connectivity index (χ0v) is 9.48. The number of amides is 1. The molecule has 1 aromatic heterocycles. The van der Waals surface area contributed by atoms with Crippen molar-refractivity contribution in [2.24, 2.45) is 0 Å². The molecule has 1 aromatic carbocycles. The Kier molecular flexibility index (Phi) is 3.37. The van der Waals surface area contributed by atoms with Crippen molar-refractivity contribution < 1.29 is 10.0 Å². The van der Waals surface area contributed by atoms with Crippen LogP contribution in [0.3, 0.4) is 0 Å². The lowest BCUT2D eigenvalue weighted by atomic mass is 10.1. The van der Waals surface area contributed by atoms with Crippen molar-refractivity contribution in [3.8, 4) is 11.1 Å². The molecule has 0 bridgehead atoms. The second kappa shape index (κ2) is 4.95. The highest BCUT2D eigenvalue weighted by Crippen LogP contribution is 2.21. The molecule has 0 atom stereocenters. The van der Waals surface area contributed by atoms with Gasteiger partial charge in [-0.3, -0.25) is 15.0 Å². The summed E-state index contributed by atoms with van der Waals surface area (Å²) in [5.41, 5.74) is 3.45. The molecular formula is C12H9ClN2O2. The Bertz CT molecular complexity index is 540. The molecule has 2 rings (SSSR count). The second-order valence-electron chi connectivity index (χ2n) is 3.38. The number of hydrogen-bond acceptors (Lipinski definition) is 3. The number of pyridine rings is 1. The van der Waals surface area contributed by atoms with Crippen molar-refractivity contribution >= 4 is 17.5 Å². The quantitative estimate of drug-likeness (QED) is 0.634. The molecule has 4 nitrogen and oxygen atoms in total. The largest absolute Gasteiger partial charge is 0.293 e. The number of nitrogens with one attached hydrogen (secondary N) is 1. The van der Waals surface area contributed by atoms with Gasteiger partial charge in [0.1, 0.15) is 5.69 Å². The maximum atomic E-state index is 11.2. The second-order valence-corrected chi connectivity index (χ2v) is 3.81. The van der Waals surface area contributed by atoms with Gasteiger partial charge in [-0.05, 0) is 35.4 Å². The Morgan fingerprint density at radius 1 is 1.18 bits per heavy atom. The fourth-order valence-electron chi connectivity index (χ4n) is 1.43. The first kappa shape index (κ1) is 11.6. The predicted molar refractivity (Wildman–Crippen MR) is 63.9 cm³/mol. The van der Waals surface area contributed by atoms with E-state index in [4.69, 9.17) is 16.8 Å². The molecule has 0 unspecified atom stereocenters. The van der Waals surface area contributed by atoms with E-state index in [0.29, 0.717) is 5.02 Å². The minimum Gasteiger partial charge on any atom is -0.288 e. The summed E-state index contributed by atoms with van der Waals surface area (Å²) in [6.07, 6.45) is 1.51. The van der Waals surface area contributed by atoms with Crippen LogP contribution in [0, 0.1) is 0 Å². The van der Waals surface area contributed by atoms with Gasteiger partial charge < -0.3 is 0 Å². The molecule has 17 heavy (non-hydrogen) atoms. The highest BCUT2D eigenvalue weighted by molar-refractivity contribution is 6.30. The molecule has 0 aliphatic carbocycles. The van der Waals surface area contributed by atoms with E-state index in [1.54, 1.807) is 29.7 Å². The maximum absolute atomic E-state index is 11.2. The summed E-state index contributed by atoms with van der Waals surface area (Å²) in [5, 5.41) is 9.18. The lowest BCUT2D eigenvalue weighted by Gasteiger charge is -2.03. The third-order valence-corrected chi connectivity index (χ3v) is 2.52. The van der Waals surface area contributed by atoms with Gasteiger partial charge in [-0.25, -0.2) is 5.48 Å². The third-order valence-electron chi connectivity index (χ3n) is 2.27. The smallest absolute Gasteiger partial charge is 0.288 e. The first-order valence-corrected chi connectivity index (χ1v) is 5.25. The van der Waals surface area contributed by atoms with Crippen LogP contribution in [0.4, 0.5) is 0 Å². The number of aromatic nitrogens is 1. The monoisotopic (exact) mass is 248 g/mol. The van der Waals surface area contributed by atoms with Gasteiger partial charge >= 0.3 is 0 Å².